The Kier molecular flexibility index (Phi) is 6.61. The van der Waals surface area contributed by atoms with Gasteiger partial charge in [0.05, 0.1) is 12.7 Å². The number of halogens is 1. The van der Waals surface area contributed by atoms with Crippen LogP contribution in [0.4, 0.5) is 10.1 Å². The lowest BCUT2D eigenvalue weighted by Crippen LogP contribution is -2.34. The molecule has 0 bridgehead atoms. The van der Waals surface area contributed by atoms with E-state index in [9.17, 15) is 14.0 Å². The van der Waals surface area contributed by atoms with E-state index in [1.165, 1.54) is 29.2 Å². The number of methoxy groups -OCH3 is 1. The van der Waals surface area contributed by atoms with Gasteiger partial charge in [0.1, 0.15) is 17.3 Å². The van der Waals surface area contributed by atoms with Crippen molar-refractivity contribution in [3.8, 4) is 5.75 Å². The molecule has 0 spiro atoms. The fraction of sp³-hybridized carbons (Fsp3) is 0.273. The Morgan fingerprint density at radius 2 is 1.83 bits per heavy atom. The molecular weight excluding hydrogens is 375 g/mol. The summed E-state index contributed by atoms with van der Waals surface area (Å²) in [4.78, 5) is 27.3. The van der Waals surface area contributed by atoms with Crippen molar-refractivity contribution in [3.63, 3.8) is 0 Å². The van der Waals surface area contributed by atoms with Crippen LogP contribution in [0, 0.1) is 5.82 Å². The molecule has 2 amide bonds. The van der Waals surface area contributed by atoms with Gasteiger partial charge in [0.25, 0.3) is 11.8 Å². The highest BCUT2D eigenvalue weighted by atomic mass is 19.1. The van der Waals surface area contributed by atoms with Gasteiger partial charge >= 0.3 is 0 Å². The second kappa shape index (κ2) is 9.34. The molecule has 7 heteroatoms. The van der Waals surface area contributed by atoms with Gasteiger partial charge in [-0.1, -0.05) is 18.2 Å². The van der Waals surface area contributed by atoms with E-state index in [4.69, 9.17) is 9.47 Å². The molecule has 0 atom stereocenters. The third kappa shape index (κ3) is 4.63. The van der Waals surface area contributed by atoms with Crippen LogP contribution in [0.5, 0.6) is 5.75 Å². The molecule has 0 aromatic heterocycles. The van der Waals surface area contributed by atoms with Crippen LogP contribution < -0.4 is 10.1 Å². The molecule has 1 heterocycles. The minimum Gasteiger partial charge on any atom is -0.497 e. The normalized spacial score (nSPS) is 14.0. The van der Waals surface area contributed by atoms with Crippen molar-refractivity contribution < 1.29 is 23.5 Å². The molecule has 0 aliphatic carbocycles. The minimum absolute atomic E-state index is 0.159. The SMILES string of the molecule is CCOCCCN1C(=O)C(Nc2cccc(OC)c2)=C(c2ccc(F)cc2)C1=O. The lowest BCUT2D eigenvalue weighted by molar-refractivity contribution is -0.137. The Balaban J connectivity index is 1.94. The lowest BCUT2D eigenvalue weighted by Gasteiger charge is -2.15. The zero-order chi connectivity index (χ0) is 20.8. The number of nitrogens with one attached hydrogen (secondary N) is 1. The second-order valence-corrected chi connectivity index (χ2v) is 6.43. The van der Waals surface area contributed by atoms with Gasteiger partial charge in [-0.3, -0.25) is 14.5 Å². The summed E-state index contributed by atoms with van der Waals surface area (Å²) in [7, 11) is 1.55. The van der Waals surface area contributed by atoms with Gasteiger partial charge in [-0.05, 0) is 43.2 Å². The number of anilines is 1. The van der Waals surface area contributed by atoms with Crippen molar-refractivity contribution in [1.82, 2.24) is 4.90 Å². The summed E-state index contributed by atoms with van der Waals surface area (Å²) in [6, 6.07) is 12.6. The number of ether oxygens (including phenoxy) is 2. The third-order valence-corrected chi connectivity index (χ3v) is 4.51. The number of nitrogens with zero attached hydrogens (tertiary/aromatic N) is 1. The van der Waals surface area contributed by atoms with Crippen LogP contribution >= 0.6 is 0 Å². The lowest BCUT2D eigenvalue weighted by atomic mass is 10.0. The van der Waals surface area contributed by atoms with Gasteiger partial charge in [0.2, 0.25) is 0 Å². The fourth-order valence-electron chi connectivity index (χ4n) is 3.09. The van der Waals surface area contributed by atoms with E-state index in [1.54, 1.807) is 31.4 Å². The maximum absolute atomic E-state index is 13.4. The van der Waals surface area contributed by atoms with Crippen LogP contribution in [0.1, 0.15) is 18.9 Å². The van der Waals surface area contributed by atoms with Gasteiger partial charge in [-0.25, -0.2) is 4.39 Å². The van der Waals surface area contributed by atoms with Crippen molar-refractivity contribution in [1.29, 1.82) is 0 Å². The molecule has 0 fully saturated rings. The van der Waals surface area contributed by atoms with E-state index in [-0.39, 0.29) is 17.8 Å². The summed E-state index contributed by atoms with van der Waals surface area (Å²) in [6.07, 6.45) is 0.536. The van der Waals surface area contributed by atoms with Gasteiger partial charge in [-0.2, -0.15) is 0 Å². The highest BCUT2D eigenvalue weighted by molar-refractivity contribution is 6.36. The average Bonchev–Trinajstić information content (AvgIpc) is 2.96. The van der Waals surface area contributed by atoms with E-state index < -0.39 is 17.6 Å². The molecule has 0 radical (unpaired) electrons. The largest absolute Gasteiger partial charge is 0.497 e. The van der Waals surface area contributed by atoms with E-state index in [0.29, 0.717) is 36.6 Å². The fourth-order valence-corrected chi connectivity index (χ4v) is 3.09. The molecule has 2 aromatic rings. The van der Waals surface area contributed by atoms with Crippen LogP contribution in [-0.4, -0.2) is 43.6 Å². The summed E-state index contributed by atoms with van der Waals surface area (Å²) in [5.74, 6) is -0.636. The number of carbonyl (C=O) groups is 2. The van der Waals surface area contributed by atoms with Crippen molar-refractivity contribution in [3.05, 3.63) is 65.6 Å². The number of carbonyl (C=O) groups excluding carboxylic acids is 2. The standard InChI is InChI=1S/C22H23FN2O4/c1-3-29-13-5-12-25-21(26)19(15-8-10-16(23)11-9-15)20(22(25)27)24-17-6-4-7-18(14-17)28-2/h4,6-11,14,24H,3,5,12-13H2,1-2H3. The number of benzene rings is 2. The molecule has 2 aromatic carbocycles. The van der Waals surface area contributed by atoms with Crippen LogP contribution in [0.15, 0.2) is 54.2 Å². The Bertz CT molecular complexity index is 925. The van der Waals surface area contributed by atoms with Crippen LogP contribution in [-0.2, 0) is 14.3 Å². The van der Waals surface area contributed by atoms with E-state index in [1.807, 2.05) is 6.92 Å². The Hall–Kier alpha value is -3.19. The summed E-state index contributed by atoms with van der Waals surface area (Å²) in [6.45, 7) is 3.16. The highest BCUT2D eigenvalue weighted by Crippen LogP contribution is 2.31. The quantitative estimate of drug-likeness (QED) is 0.518. The molecule has 0 unspecified atom stereocenters. The van der Waals surface area contributed by atoms with Crippen LogP contribution in [0.3, 0.4) is 0 Å². The number of imide groups is 1. The minimum atomic E-state index is -0.423. The Morgan fingerprint density at radius 1 is 1.07 bits per heavy atom. The predicted molar refractivity (Wildman–Crippen MR) is 108 cm³/mol. The van der Waals surface area contributed by atoms with E-state index in [0.717, 1.165) is 0 Å². The van der Waals surface area contributed by atoms with Crippen molar-refractivity contribution >= 4 is 23.1 Å². The highest BCUT2D eigenvalue weighted by Gasteiger charge is 2.38. The average molecular weight is 398 g/mol. The Morgan fingerprint density at radius 3 is 2.52 bits per heavy atom. The molecule has 29 heavy (non-hydrogen) atoms. The van der Waals surface area contributed by atoms with Gasteiger partial charge in [0.15, 0.2) is 0 Å². The molecule has 6 nitrogen and oxygen atoms in total. The molecule has 1 N–H and O–H groups in total. The van der Waals surface area contributed by atoms with E-state index in [2.05, 4.69) is 5.32 Å². The number of hydrogen-bond acceptors (Lipinski definition) is 5. The van der Waals surface area contributed by atoms with Crippen molar-refractivity contribution in [2.75, 3.05) is 32.2 Å². The van der Waals surface area contributed by atoms with Gasteiger partial charge in [0, 0.05) is 31.5 Å². The molecule has 152 valence electrons. The van der Waals surface area contributed by atoms with Crippen LogP contribution in [0.2, 0.25) is 0 Å². The molecule has 1 aliphatic heterocycles. The number of rotatable bonds is 9. The molecule has 0 saturated carbocycles. The van der Waals surface area contributed by atoms with Crippen molar-refractivity contribution in [2.24, 2.45) is 0 Å². The Labute approximate surface area is 168 Å². The maximum Gasteiger partial charge on any atom is 0.278 e. The number of amides is 2. The van der Waals surface area contributed by atoms with Crippen LogP contribution in [0.25, 0.3) is 5.57 Å². The monoisotopic (exact) mass is 398 g/mol. The molecule has 1 aliphatic rings. The van der Waals surface area contributed by atoms with E-state index >= 15 is 0 Å². The summed E-state index contributed by atoms with van der Waals surface area (Å²) < 4.78 is 23.9. The smallest absolute Gasteiger partial charge is 0.278 e. The first-order valence-corrected chi connectivity index (χ1v) is 9.40. The summed E-state index contributed by atoms with van der Waals surface area (Å²) in [5.41, 5.74) is 1.46. The maximum atomic E-state index is 13.4. The topological polar surface area (TPSA) is 67.9 Å². The third-order valence-electron chi connectivity index (χ3n) is 4.51. The first-order valence-electron chi connectivity index (χ1n) is 9.40. The summed E-state index contributed by atoms with van der Waals surface area (Å²) >= 11 is 0. The van der Waals surface area contributed by atoms with Crippen molar-refractivity contribution in [2.45, 2.75) is 13.3 Å². The zero-order valence-electron chi connectivity index (χ0n) is 16.4. The number of hydrogen-bond donors (Lipinski definition) is 1. The predicted octanol–water partition coefficient (Wildman–Crippen LogP) is 3.45. The molecule has 3 rings (SSSR count). The molecular formula is C22H23FN2O4. The zero-order valence-corrected chi connectivity index (χ0v) is 16.4. The first-order chi connectivity index (χ1) is 14.0. The summed E-state index contributed by atoms with van der Waals surface area (Å²) in [5, 5.41) is 3.05. The first kappa shape index (κ1) is 20.5. The van der Waals surface area contributed by atoms with Gasteiger partial charge in [-0.15, -0.1) is 0 Å². The molecule has 0 saturated heterocycles. The second-order valence-electron chi connectivity index (χ2n) is 6.43. The van der Waals surface area contributed by atoms with Gasteiger partial charge < -0.3 is 14.8 Å².